The van der Waals surface area contributed by atoms with Crippen molar-refractivity contribution in [1.82, 2.24) is 4.98 Å². The number of hydrogen-bond acceptors (Lipinski definition) is 3. The Bertz CT molecular complexity index is 983. The second-order valence-electron chi connectivity index (χ2n) is 8.65. The number of hydrogen-bond donors (Lipinski definition) is 2. The molecule has 5 unspecified atom stereocenters. The van der Waals surface area contributed by atoms with Crippen molar-refractivity contribution in [3.05, 3.63) is 47.2 Å². The van der Waals surface area contributed by atoms with E-state index in [2.05, 4.69) is 42.4 Å². The first-order valence-corrected chi connectivity index (χ1v) is 9.80. The summed E-state index contributed by atoms with van der Waals surface area (Å²) in [6.07, 6.45) is 3.80. The first-order valence-electron chi connectivity index (χ1n) is 9.80. The van der Waals surface area contributed by atoms with Gasteiger partial charge in [0, 0.05) is 29.7 Å². The van der Waals surface area contributed by atoms with Crippen molar-refractivity contribution in [2.45, 2.75) is 31.8 Å². The SMILES string of the molecule is CC=C1C[N+]2(C)C3CC1C(CO)(C(=O)OC)C2Cc1c3[nH]c2ccccc12.[Cl-]. The number of halogens is 1. The Labute approximate surface area is 171 Å². The molecule has 2 aromatic rings. The molecule has 4 aliphatic rings. The van der Waals surface area contributed by atoms with E-state index in [9.17, 15) is 9.90 Å². The number of para-hydroxylation sites is 1. The number of quaternary nitrogens is 1. The molecule has 5 nitrogen and oxygen atoms in total. The second-order valence-corrected chi connectivity index (χ2v) is 8.65. The van der Waals surface area contributed by atoms with Crippen LogP contribution in [0.25, 0.3) is 10.9 Å². The molecule has 2 N–H and O–H groups in total. The van der Waals surface area contributed by atoms with Crippen LogP contribution in [-0.4, -0.2) is 53.9 Å². The zero-order valence-corrected chi connectivity index (χ0v) is 17.3. The number of rotatable bonds is 2. The van der Waals surface area contributed by atoms with Gasteiger partial charge in [-0.1, -0.05) is 24.3 Å². The fourth-order valence-corrected chi connectivity index (χ4v) is 6.62. The molecule has 150 valence electrons. The van der Waals surface area contributed by atoms with Gasteiger partial charge in [-0.05, 0) is 24.1 Å². The third kappa shape index (κ3) is 2.07. The fraction of sp³-hybridized carbons (Fsp3) is 0.500. The van der Waals surface area contributed by atoms with E-state index >= 15 is 0 Å². The number of nitrogens with zero attached hydrogens (tertiary/aromatic N) is 1. The number of benzene rings is 1. The fourth-order valence-electron chi connectivity index (χ4n) is 6.62. The zero-order valence-electron chi connectivity index (χ0n) is 16.5. The number of aliphatic hydroxyl groups excluding tert-OH is 1. The molecule has 5 atom stereocenters. The Kier molecular flexibility index (Phi) is 4.42. The van der Waals surface area contributed by atoms with Crippen molar-refractivity contribution < 1.29 is 31.5 Å². The van der Waals surface area contributed by atoms with Crippen molar-refractivity contribution in [2.75, 3.05) is 27.3 Å². The first-order chi connectivity index (χ1) is 13.0. The van der Waals surface area contributed by atoms with Gasteiger partial charge in [0.05, 0.1) is 26.5 Å². The molecule has 1 aromatic heterocycles. The summed E-state index contributed by atoms with van der Waals surface area (Å²) in [6, 6.07) is 8.76. The smallest absolute Gasteiger partial charge is 0.320 e. The maximum absolute atomic E-state index is 13.1. The maximum atomic E-state index is 13.1. The number of piperidine rings is 3. The Morgan fingerprint density at radius 1 is 1.43 bits per heavy atom. The molecule has 0 radical (unpaired) electrons. The molecule has 0 aliphatic carbocycles. The first kappa shape index (κ1) is 19.5. The van der Waals surface area contributed by atoms with Gasteiger partial charge in [-0.2, -0.15) is 0 Å². The van der Waals surface area contributed by atoms with E-state index < -0.39 is 5.41 Å². The predicted octanol–water partition coefficient (Wildman–Crippen LogP) is -0.284. The summed E-state index contributed by atoms with van der Waals surface area (Å²) in [7, 11) is 3.71. The van der Waals surface area contributed by atoms with E-state index in [1.807, 2.05) is 6.92 Å². The van der Waals surface area contributed by atoms with E-state index in [0.29, 0.717) is 6.04 Å². The normalized spacial score (nSPS) is 36.9. The summed E-state index contributed by atoms with van der Waals surface area (Å²) in [5.41, 5.74) is 4.23. The summed E-state index contributed by atoms with van der Waals surface area (Å²) >= 11 is 0. The number of aromatic nitrogens is 1. The molecule has 0 spiro atoms. The van der Waals surface area contributed by atoms with Crippen molar-refractivity contribution in [3.63, 3.8) is 0 Å². The van der Waals surface area contributed by atoms with Crippen LogP contribution in [0.2, 0.25) is 0 Å². The largest absolute Gasteiger partial charge is 1.00 e. The lowest BCUT2D eigenvalue weighted by molar-refractivity contribution is -0.981. The molecule has 28 heavy (non-hydrogen) atoms. The van der Waals surface area contributed by atoms with Gasteiger partial charge in [0.25, 0.3) is 0 Å². The summed E-state index contributed by atoms with van der Waals surface area (Å²) in [5.74, 6) is -0.223. The van der Waals surface area contributed by atoms with Crippen LogP contribution in [0.1, 0.15) is 30.6 Å². The highest BCUT2D eigenvalue weighted by Crippen LogP contribution is 2.62. The standard InChI is InChI=1S/C22H27N2O3.ClH/c1-4-13-11-24(2)18-10-16(13)22(12-25,21(26)27-3)19(24)9-15-14-7-5-6-8-17(14)23-20(15)18;/h4-8,16,18-19,23,25H,9-12H2,1-3H3;1H/q+1;/p-1. The number of aromatic amines is 1. The number of ether oxygens (including phenoxy) is 1. The number of esters is 1. The minimum atomic E-state index is -0.865. The highest BCUT2D eigenvalue weighted by molar-refractivity contribution is 5.86. The summed E-state index contributed by atoms with van der Waals surface area (Å²) in [5, 5.41) is 11.8. The highest BCUT2D eigenvalue weighted by Gasteiger charge is 2.71. The van der Waals surface area contributed by atoms with Crippen LogP contribution in [0.4, 0.5) is 0 Å². The van der Waals surface area contributed by atoms with E-state index in [1.165, 1.54) is 29.3 Å². The minimum Gasteiger partial charge on any atom is -1.00 e. The van der Waals surface area contributed by atoms with Crippen molar-refractivity contribution >= 4 is 16.9 Å². The predicted molar refractivity (Wildman–Crippen MR) is 103 cm³/mol. The van der Waals surface area contributed by atoms with Gasteiger partial charge in [-0.3, -0.25) is 4.79 Å². The second kappa shape index (κ2) is 6.34. The summed E-state index contributed by atoms with van der Waals surface area (Å²) < 4.78 is 6.05. The Morgan fingerprint density at radius 2 is 2.18 bits per heavy atom. The number of aliphatic hydroxyl groups is 1. The van der Waals surface area contributed by atoms with Crippen LogP contribution < -0.4 is 12.4 Å². The molecule has 4 aliphatic heterocycles. The number of carbonyl (C=O) groups is 1. The van der Waals surface area contributed by atoms with Crippen molar-refractivity contribution in [2.24, 2.45) is 11.3 Å². The highest BCUT2D eigenvalue weighted by atomic mass is 35.5. The lowest BCUT2D eigenvalue weighted by Gasteiger charge is -2.66. The Balaban J connectivity index is 0.00000192. The molecule has 0 saturated carbocycles. The van der Waals surface area contributed by atoms with Crippen molar-refractivity contribution in [3.8, 4) is 0 Å². The average Bonchev–Trinajstić information content (AvgIpc) is 3.05. The average molecular weight is 403 g/mol. The van der Waals surface area contributed by atoms with Gasteiger partial charge in [-0.15, -0.1) is 0 Å². The number of likely N-dealkylation sites (N-methyl/N-ethyl adjacent to an activating group) is 1. The van der Waals surface area contributed by atoms with E-state index in [4.69, 9.17) is 4.74 Å². The maximum Gasteiger partial charge on any atom is 0.320 e. The molecule has 3 fully saturated rings. The van der Waals surface area contributed by atoms with E-state index in [-0.39, 0.29) is 36.9 Å². The van der Waals surface area contributed by atoms with Crippen LogP contribution >= 0.6 is 0 Å². The van der Waals surface area contributed by atoms with Crippen molar-refractivity contribution in [1.29, 1.82) is 0 Å². The number of nitrogens with one attached hydrogen (secondary N) is 1. The summed E-state index contributed by atoms with van der Waals surface area (Å²) in [6.45, 7) is 2.82. The van der Waals surface area contributed by atoms with Crippen LogP contribution in [0.3, 0.4) is 0 Å². The van der Waals surface area contributed by atoms with E-state index in [1.54, 1.807) is 0 Å². The molecular weight excluding hydrogens is 376 g/mol. The lowest BCUT2D eigenvalue weighted by Crippen LogP contribution is -3.00. The van der Waals surface area contributed by atoms with Crippen LogP contribution in [0.15, 0.2) is 35.9 Å². The molecule has 1 aromatic carbocycles. The molecule has 3 saturated heterocycles. The van der Waals surface area contributed by atoms with E-state index in [0.717, 1.165) is 29.4 Å². The third-order valence-electron chi connectivity index (χ3n) is 7.85. The molecule has 4 bridgehead atoms. The number of carbonyl (C=O) groups excluding carboxylic acids is 1. The Hall–Kier alpha value is -1.82. The topological polar surface area (TPSA) is 62.3 Å². The van der Waals surface area contributed by atoms with Gasteiger partial charge < -0.3 is 31.7 Å². The molecule has 6 rings (SSSR count). The third-order valence-corrected chi connectivity index (χ3v) is 7.85. The number of allylic oxidation sites excluding steroid dienone is 1. The lowest BCUT2D eigenvalue weighted by atomic mass is 9.54. The molecular formula is C22H27ClN2O3. The van der Waals surface area contributed by atoms with Gasteiger partial charge in [0.2, 0.25) is 0 Å². The van der Waals surface area contributed by atoms with Crippen LogP contribution in [0.5, 0.6) is 0 Å². The van der Waals surface area contributed by atoms with Gasteiger partial charge in [0.1, 0.15) is 24.0 Å². The quantitative estimate of drug-likeness (QED) is 0.412. The molecule has 0 amide bonds. The monoisotopic (exact) mass is 402 g/mol. The zero-order chi connectivity index (χ0) is 19.0. The number of H-pyrrole nitrogens is 1. The van der Waals surface area contributed by atoms with Gasteiger partial charge in [0.15, 0.2) is 0 Å². The number of methoxy groups -OCH3 is 1. The Morgan fingerprint density at radius 3 is 2.86 bits per heavy atom. The number of fused-ring (bicyclic) bond motifs is 4. The summed E-state index contributed by atoms with van der Waals surface area (Å²) in [4.78, 5) is 16.8. The minimum absolute atomic E-state index is 0. The van der Waals surface area contributed by atoms with Crippen LogP contribution in [0, 0.1) is 11.3 Å². The van der Waals surface area contributed by atoms with Gasteiger partial charge in [-0.25, -0.2) is 0 Å². The van der Waals surface area contributed by atoms with Crippen LogP contribution in [-0.2, 0) is 16.0 Å². The van der Waals surface area contributed by atoms with Gasteiger partial charge >= 0.3 is 5.97 Å². The molecule has 5 heterocycles. The molecule has 6 heteroatoms.